The Hall–Kier alpha value is -2.16. The molecule has 3 rings (SSSR count). The molecule has 110 valence electrons. The van der Waals surface area contributed by atoms with E-state index in [0.717, 1.165) is 30.1 Å². The highest BCUT2D eigenvalue weighted by Crippen LogP contribution is 2.31. The monoisotopic (exact) mass is 282 g/mol. The van der Waals surface area contributed by atoms with Crippen molar-refractivity contribution in [1.82, 2.24) is 0 Å². The first kappa shape index (κ1) is 13.8. The zero-order valence-electron chi connectivity index (χ0n) is 12.7. The van der Waals surface area contributed by atoms with Crippen molar-refractivity contribution in [2.75, 3.05) is 24.3 Å². The Bertz CT molecular complexity index is 652. The Kier molecular flexibility index (Phi) is 3.74. The van der Waals surface area contributed by atoms with Crippen molar-refractivity contribution in [3.8, 4) is 5.75 Å². The van der Waals surface area contributed by atoms with Gasteiger partial charge in [-0.3, -0.25) is 0 Å². The third kappa shape index (κ3) is 2.82. The van der Waals surface area contributed by atoms with Crippen molar-refractivity contribution in [2.45, 2.75) is 26.3 Å². The third-order valence-electron chi connectivity index (χ3n) is 4.16. The summed E-state index contributed by atoms with van der Waals surface area (Å²) < 4.78 is 5.31. The highest BCUT2D eigenvalue weighted by atomic mass is 16.5. The normalized spacial score (nSPS) is 13.9. The molecule has 0 unspecified atom stereocenters. The Morgan fingerprint density at radius 2 is 2.05 bits per heavy atom. The maximum absolute atomic E-state index is 6.12. The maximum atomic E-state index is 6.12. The van der Waals surface area contributed by atoms with Gasteiger partial charge >= 0.3 is 0 Å². The van der Waals surface area contributed by atoms with Crippen LogP contribution in [-0.2, 0) is 13.0 Å². The van der Waals surface area contributed by atoms with E-state index in [-0.39, 0.29) is 0 Å². The highest BCUT2D eigenvalue weighted by molar-refractivity contribution is 5.59. The number of aryl methyl sites for hydroxylation is 2. The van der Waals surface area contributed by atoms with Gasteiger partial charge in [0.25, 0.3) is 0 Å². The summed E-state index contributed by atoms with van der Waals surface area (Å²) in [5, 5.41) is 0. The lowest BCUT2D eigenvalue weighted by molar-refractivity contribution is 0.414. The molecule has 0 bridgehead atoms. The molecule has 0 saturated carbocycles. The third-order valence-corrected chi connectivity index (χ3v) is 4.16. The quantitative estimate of drug-likeness (QED) is 0.875. The van der Waals surface area contributed by atoms with Crippen LogP contribution in [-0.4, -0.2) is 13.7 Å². The SMILES string of the molecule is COc1ccc(N)c(CN2CCCc3cc(C)ccc32)c1. The summed E-state index contributed by atoms with van der Waals surface area (Å²) >= 11 is 0. The van der Waals surface area contributed by atoms with E-state index >= 15 is 0 Å². The molecule has 3 nitrogen and oxygen atoms in total. The van der Waals surface area contributed by atoms with Gasteiger partial charge in [0.2, 0.25) is 0 Å². The van der Waals surface area contributed by atoms with Crippen LogP contribution in [0.1, 0.15) is 23.1 Å². The molecule has 2 aromatic rings. The molecule has 0 spiro atoms. The van der Waals surface area contributed by atoms with Crippen molar-refractivity contribution >= 4 is 11.4 Å². The predicted octanol–water partition coefficient (Wildman–Crippen LogP) is 3.54. The number of nitrogens with two attached hydrogens (primary N) is 1. The van der Waals surface area contributed by atoms with Crippen LogP contribution in [0.4, 0.5) is 11.4 Å². The van der Waals surface area contributed by atoms with Crippen LogP contribution >= 0.6 is 0 Å². The molecule has 0 radical (unpaired) electrons. The highest BCUT2D eigenvalue weighted by Gasteiger charge is 2.18. The second kappa shape index (κ2) is 5.68. The van der Waals surface area contributed by atoms with Crippen LogP contribution < -0.4 is 15.4 Å². The summed E-state index contributed by atoms with van der Waals surface area (Å²) in [7, 11) is 1.69. The number of anilines is 2. The van der Waals surface area contributed by atoms with Crippen LogP contribution in [0, 0.1) is 6.92 Å². The second-order valence-corrected chi connectivity index (χ2v) is 5.72. The number of hydrogen-bond donors (Lipinski definition) is 1. The molecule has 1 aliphatic rings. The predicted molar refractivity (Wildman–Crippen MR) is 88.0 cm³/mol. The van der Waals surface area contributed by atoms with Crippen molar-refractivity contribution in [3.63, 3.8) is 0 Å². The molecule has 0 fully saturated rings. The molecule has 0 saturated heterocycles. The second-order valence-electron chi connectivity index (χ2n) is 5.72. The minimum absolute atomic E-state index is 0.829. The first-order valence-electron chi connectivity index (χ1n) is 7.44. The lowest BCUT2D eigenvalue weighted by Crippen LogP contribution is -2.29. The van der Waals surface area contributed by atoms with Gasteiger partial charge in [0, 0.05) is 24.5 Å². The van der Waals surface area contributed by atoms with E-state index < -0.39 is 0 Å². The van der Waals surface area contributed by atoms with Gasteiger partial charge in [0.15, 0.2) is 0 Å². The first-order chi connectivity index (χ1) is 10.2. The number of benzene rings is 2. The van der Waals surface area contributed by atoms with Gasteiger partial charge in [0.1, 0.15) is 5.75 Å². The number of nitrogen functional groups attached to an aromatic ring is 1. The molecule has 1 heterocycles. The zero-order chi connectivity index (χ0) is 14.8. The lowest BCUT2D eigenvalue weighted by Gasteiger charge is -2.32. The average molecular weight is 282 g/mol. The fourth-order valence-corrected chi connectivity index (χ4v) is 3.02. The molecule has 0 amide bonds. The summed E-state index contributed by atoms with van der Waals surface area (Å²) in [5.74, 6) is 0.861. The van der Waals surface area contributed by atoms with Crippen molar-refractivity contribution in [3.05, 3.63) is 53.1 Å². The molecular weight excluding hydrogens is 260 g/mol. The number of rotatable bonds is 3. The molecule has 21 heavy (non-hydrogen) atoms. The summed E-state index contributed by atoms with van der Waals surface area (Å²) in [5.41, 5.74) is 12.2. The van der Waals surface area contributed by atoms with E-state index in [9.17, 15) is 0 Å². The largest absolute Gasteiger partial charge is 0.497 e. The maximum Gasteiger partial charge on any atom is 0.119 e. The number of hydrogen-bond acceptors (Lipinski definition) is 3. The molecule has 3 heteroatoms. The number of nitrogens with zero attached hydrogens (tertiary/aromatic N) is 1. The molecule has 0 atom stereocenters. The van der Waals surface area contributed by atoms with Crippen LogP contribution in [0.5, 0.6) is 5.75 Å². The van der Waals surface area contributed by atoms with E-state index in [4.69, 9.17) is 10.5 Å². The van der Waals surface area contributed by atoms with Gasteiger partial charge in [-0.2, -0.15) is 0 Å². The Balaban J connectivity index is 1.90. The summed E-state index contributed by atoms with van der Waals surface area (Å²) in [6, 6.07) is 12.6. The summed E-state index contributed by atoms with van der Waals surface area (Å²) in [4.78, 5) is 2.42. The Labute approximate surface area is 126 Å². The fourth-order valence-electron chi connectivity index (χ4n) is 3.02. The summed E-state index contributed by atoms with van der Waals surface area (Å²) in [6.07, 6.45) is 2.36. The average Bonchev–Trinajstić information content (AvgIpc) is 2.49. The van der Waals surface area contributed by atoms with Crippen molar-refractivity contribution in [2.24, 2.45) is 0 Å². The van der Waals surface area contributed by atoms with Gasteiger partial charge in [-0.15, -0.1) is 0 Å². The van der Waals surface area contributed by atoms with Crippen LogP contribution in [0.2, 0.25) is 0 Å². The molecule has 0 aliphatic carbocycles. The number of methoxy groups -OCH3 is 1. The number of ether oxygens (including phenoxy) is 1. The van der Waals surface area contributed by atoms with E-state index in [1.54, 1.807) is 7.11 Å². The lowest BCUT2D eigenvalue weighted by atomic mass is 9.99. The first-order valence-corrected chi connectivity index (χ1v) is 7.44. The minimum atomic E-state index is 0.829. The van der Waals surface area contributed by atoms with E-state index in [1.165, 1.54) is 29.7 Å². The van der Waals surface area contributed by atoms with Gasteiger partial charge < -0.3 is 15.4 Å². The van der Waals surface area contributed by atoms with E-state index in [1.807, 2.05) is 18.2 Å². The van der Waals surface area contributed by atoms with Gasteiger partial charge in [-0.1, -0.05) is 17.7 Å². The van der Waals surface area contributed by atoms with Crippen molar-refractivity contribution in [1.29, 1.82) is 0 Å². The molecule has 1 aliphatic heterocycles. The van der Waals surface area contributed by atoms with Gasteiger partial charge in [-0.25, -0.2) is 0 Å². The zero-order valence-corrected chi connectivity index (χ0v) is 12.7. The van der Waals surface area contributed by atoms with Gasteiger partial charge in [-0.05, 0) is 55.2 Å². The Morgan fingerprint density at radius 1 is 1.19 bits per heavy atom. The molecular formula is C18H22N2O. The van der Waals surface area contributed by atoms with Crippen molar-refractivity contribution < 1.29 is 4.74 Å². The minimum Gasteiger partial charge on any atom is -0.497 e. The smallest absolute Gasteiger partial charge is 0.119 e. The number of fused-ring (bicyclic) bond motifs is 1. The fraction of sp³-hybridized carbons (Fsp3) is 0.333. The van der Waals surface area contributed by atoms with Crippen LogP contribution in [0.15, 0.2) is 36.4 Å². The molecule has 2 aromatic carbocycles. The topological polar surface area (TPSA) is 38.5 Å². The Morgan fingerprint density at radius 3 is 2.86 bits per heavy atom. The van der Waals surface area contributed by atoms with Crippen LogP contribution in [0.25, 0.3) is 0 Å². The van der Waals surface area contributed by atoms with E-state index in [0.29, 0.717) is 0 Å². The van der Waals surface area contributed by atoms with E-state index in [2.05, 4.69) is 30.0 Å². The van der Waals surface area contributed by atoms with Gasteiger partial charge in [0.05, 0.1) is 7.11 Å². The molecule has 2 N–H and O–H groups in total. The summed E-state index contributed by atoms with van der Waals surface area (Å²) in [6.45, 7) is 4.06. The molecule has 0 aromatic heterocycles. The van der Waals surface area contributed by atoms with Crippen LogP contribution in [0.3, 0.4) is 0 Å². The standard InChI is InChI=1S/C18H22N2O/c1-13-5-8-18-14(10-13)4-3-9-20(18)12-15-11-16(21-2)6-7-17(15)19/h5-8,10-11H,3-4,9,12,19H2,1-2H3.